The van der Waals surface area contributed by atoms with E-state index < -0.39 is 0 Å². The molecule has 0 N–H and O–H groups in total. The van der Waals surface area contributed by atoms with Crippen LogP contribution in [0.2, 0.25) is 0 Å². The summed E-state index contributed by atoms with van der Waals surface area (Å²) in [5, 5.41) is 0. The Hall–Kier alpha value is -1.44. The number of aryl methyl sites for hydroxylation is 1. The summed E-state index contributed by atoms with van der Waals surface area (Å²) in [6.07, 6.45) is 14.2. The maximum Gasteiger partial charge on any atom is 0.159 e. The number of hydrogen-bond acceptors (Lipinski definition) is 2. The third-order valence-electron chi connectivity index (χ3n) is 4.62. The maximum atomic E-state index is 11.6. The molecule has 0 radical (unpaired) electrons. The SMILES string of the molecule is CCCCCCCCCCCCc1cc(C(C)=O)cc(C(C)=O)c1. The Balaban J connectivity index is 2.27. The lowest BCUT2D eigenvalue weighted by molar-refractivity contribution is 0.101. The summed E-state index contributed by atoms with van der Waals surface area (Å²) in [6.45, 7) is 5.37. The molecule has 1 aromatic carbocycles. The normalized spacial score (nSPS) is 10.8. The van der Waals surface area contributed by atoms with E-state index in [-0.39, 0.29) is 11.6 Å². The molecule has 0 saturated heterocycles. The molecule has 1 aromatic rings. The molecule has 1 rings (SSSR count). The molecule has 0 bridgehead atoms. The molecule has 0 saturated carbocycles. The topological polar surface area (TPSA) is 34.1 Å². The number of hydrogen-bond donors (Lipinski definition) is 0. The van der Waals surface area contributed by atoms with Crippen LogP contribution in [0.15, 0.2) is 18.2 Å². The van der Waals surface area contributed by atoms with Crippen molar-refractivity contribution in [2.45, 2.75) is 91.4 Å². The number of carbonyl (C=O) groups excluding carboxylic acids is 2. The van der Waals surface area contributed by atoms with Crippen molar-refractivity contribution in [3.63, 3.8) is 0 Å². The fourth-order valence-corrected chi connectivity index (χ4v) is 3.06. The first-order valence-electron chi connectivity index (χ1n) is 9.70. The number of Topliss-reactive ketones (excluding diaryl/α,β-unsaturated/α-hetero) is 2. The summed E-state index contributed by atoms with van der Waals surface area (Å²) in [4.78, 5) is 23.2. The first-order chi connectivity index (χ1) is 11.5. The Morgan fingerprint density at radius 3 is 1.50 bits per heavy atom. The molecule has 0 fully saturated rings. The zero-order valence-electron chi connectivity index (χ0n) is 15.8. The van der Waals surface area contributed by atoms with Gasteiger partial charge in [-0.05, 0) is 50.5 Å². The average Bonchev–Trinajstić information content (AvgIpc) is 2.56. The van der Waals surface area contributed by atoms with E-state index in [1.165, 1.54) is 57.8 Å². The van der Waals surface area contributed by atoms with Crippen LogP contribution in [0.5, 0.6) is 0 Å². The van der Waals surface area contributed by atoms with Gasteiger partial charge in [0, 0.05) is 11.1 Å². The highest BCUT2D eigenvalue weighted by atomic mass is 16.1. The molecule has 2 heteroatoms. The van der Waals surface area contributed by atoms with Gasteiger partial charge in [0.2, 0.25) is 0 Å². The second-order valence-electron chi connectivity index (χ2n) is 6.96. The van der Waals surface area contributed by atoms with Crippen molar-refractivity contribution in [2.24, 2.45) is 0 Å². The van der Waals surface area contributed by atoms with Crippen molar-refractivity contribution >= 4 is 11.6 Å². The van der Waals surface area contributed by atoms with E-state index in [4.69, 9.17) is 0 Å². The summed E-state index contributed by atoms with van der Waals surface area (Å²) in [7, 11) is 0. The first kappa shape index (κ1) is 20.6. The number of rotatable bonds is 13. The first-order valence-corrected chi connectivity index (χ1v) is 9.70. The summed E-state index contributed by atoms with van der Waals surface area (Å²) in [5.41, 5.74) is 2.43. The Kier molecular flexibility index (Phi) is 10.3. The van der Waals surface area contributed by atoms with Crippen LogP contribution < -0.4 is 0 Å². The maximum absolute atomic E-state index is 11.6. The Bertz CT molecular complexity index is 484. The molecule has 2 nitrogen and oxygen atoms in total. The molecule has 0 spiro atoms. The summed E-state index contributed by atoms with van der Waals surface area (Å²) >= 11 is 0. The van der Waals surface area contributed by atoms with Gasteiger partial charge in [-0.1, -0.05) is 64.7 Å². The Morgan fingerprint density at radius 2 is 1.08 bits per heavy atom. The average molecular weight is 331 g/mol. The highest BCUT2D eigenvalue weighted by Gasteiger charge is 2.07. The fraction of sp³-hybridized carbons (Fsp3) is 0.636. The fourth-order valence-electron chi connectivity index (χ4n) is 3.06. The molecule has 0 aliphatic rings. The third-order valence-corrected chi connectivity index (χ3v) is 4.62. The van der Waals surface area contributed by atoms with E-state index in [9.17, 15) is 9.59 Å². The zero-order valence-corrected chi connectivity index (χ0v) is 15.8. The van der Waals surface area contributed by atoms with Gasteiger partial charge in [-0.3, -0.25) is 9.59 Å². The van der Waals surface area contributed by atoms with Gasteiger partial charge >= 0.3 is 0 Å². The van der Waals surface area contributed by atoms with Crippen molar-refractivity contribution in [3.05, 3.63) is 34.9 Å². The number of ketones is 2. The minimum atomic E-state index is 0.0300. The van der Waals surface area contributed by atoms with E-state index in [1.807, 2.05) is 12.1 Å². The smallest absolute Gasteiger partial charge is 0.159 e. The highest BCUT2D eigenvalue weighted by molar-refractivity contribution is 5.99. The van der Waals surface area contributed by atoms with Gasteiger partial charge in [0.1, 0.15) is 0 Å². The lowest BCUT2D eigenvalue weighted by atomic mass is 9.97. The van der Waals surface area contributed by atoms with Gasteiger partial charge in [-0.15, -0.1) is 0 Å². The number of unbranched alkanes of at least 4 members (excludes halogenated alkanes) is 9. The second-order valence-corrected chi connectivity index (χ2v) is 6.96. The standard InChI is InChI=1S/C22H34O2/c1-4-5-6-7-8-9-10-11-12-13-14-20-15-21(18(2)23)17-22(16-20)19(3)24/h15-17H,4-14H2,1-3H3. The molecular weight excluding hydrogens is 296 g/mol. The van der Waals surface area contributed by atoms with E-state index in [1.54, 1.807) is 19.9 Å². The van der Waals surface area contributed by atoms with Gasteiger partial charge < -0.3 is 0 Å². The van der Waals surface area contributed by atoms with Crippen LogP contribution in [0.4, 0.5) is 0 Å². The molecule has 0 aliphatic heterocycles. The molecule has 0 aliphatic carbocycles. The highest BCUT2D eigenvalue weighted by Crippen LogP contribution is 2.16. The molecule has 0 heterocycles. The Morgan fingerprint density at radius 1 is 0.667 bits per heavy atom. The van der Waals surface area contributed by atoms with Crippen molar-refractivity contribution < 1.29 is 9.59 Å². The predicted molar refractivity (Wildman–Crippen MR) is 102 cm³/mol. The van der Waals surface area contributed by atoms with Gasteiger partial charge in [0.25, 0.3) is 0 Å². The van der Waals surface area contributed by atoms with Crippen molar-refractivity contribution in [2.75, 3.05) is 0 Å². The molecule has 134 valence electrons. The van der Waals surface area contributed by atoms with Crippen LogP contribution in [0.25, 0.3) is 0 Å². The zero-order chi connectivity index (χ0) is 17.8. The van der Waals surface area contributed by atoms with Crippen LogP contribution in [0.1, 0.15) is 111 Å². The summed E-state index contributed by atoms with van der Waals surface area (Å²) in [6, 6.07) is 5.61. The van der Waals surface area contributed by atoms with E-state index in [0.717, 1.165) is 18.4 Å². The lowest BCUT2D eigenvalue weighted by Crippen LogP contribution is -2.01. The largest absolute Gasteiger partial charge is 0.295 e. The van der Waals surface area contributed by atoms with Crippen molar-refractivity contribution in [1.82, 2.24) is 0 Å². The van der Waals surface area contributed by atoms with E-state index >= 15 is 0 Å². The molecule has 0 unspecified atom stereocenters. The minimum absolute atomic E-state index is 0.0300. The van der Waals surface area contributed by atoms with Crippen LogP contribution >= 0.6 is 0 Å². The number of benzene rings is 1. The van der Waals surface area contributed by atoms with Crippen LogP contribution in [-0.2, 0) is 6.42 Å². The third kappa shape index (κ3) is 8.42. The Labute approximate surface area is 148 Å². The monoisotopic (exact) mass is 330 g/mol. The molecule has 0 atom stereocenters. The predicted octanol–water partition coefficient (Wildman–Crippen LogP) is 6.56. The van der Waals surface area contributed by atoms with Crippen LogP contribution in [-0.4, -0.2) is 11.6 Å². The summed E-state index contributed by atoms with van der Waals surface area (Å²) < 4.78 is 0. The summed E-state index contributed by atoms with van der Waals surface area (Å²) in [5.74, 6) is 0.0600. The van der Waals surface area contributed by atoms with Crippen LogP contribution in [0.3, 0.4) is 0 Å². The second kappa shape index (κ2) is 12.0. The van der Waals surface area contributed by atoms with Crippen molar-refractivity contribution in [1.29, 1.82) is 0 Å². The quantitative estimate of drug-likeness (QED) is 0.303. The van der Waals surface area contributed by atoms with E-state index in [0.29, 0.717) is 11.1 Å². The van der Waals surface area contributed by atoms with Crippen molar-refractivity contribution in [3.8, 4) is 0 Å². The molecular formula is C22H34O2. The van der Waals surface area contributed by atoms with Gasteiger partial charge in [0.05, 0.1) is 0 Å². The minimum Gasteiger partial charge on any atom is -0.295 e. The molecule has 24 heavy (non-hydrogen) atoms. The van der Waals surface area contributed by atoms with Gasteiger partial charge in [-0.2, -0.15) is 0 Å². The van der Waals surface area contributed by atoms with Gasteiger partial charge in [0.15, 0.2) is 11.6 Å². The molecule has 0 aromatic heterocycles. The molecule has 0 amide bonds. The van der Waals surface area contributed by atoms with Crippen LogP contribution in [0, 0.1) is 0 Å². The van der Waals surface area contributed by atoms with E-state index in [2.05, 4.69) is 6.92 Å². The van der Waals surface area contributed by atoms with Gasteiger partial charge in [-0.25, -0.2) is 0 Å². The lowest BCUT2D eigenvalue weighted by Gasteiger charge is -2.07. The number of carbonyl (C=O) groups is 2.